The van der Waals surface area contributed by atoms with Crippen molar-refractivity contribution in [3.63, 3.8) is 0 Å². The summed E-state index contributed by atoms with van der Waals surface area (Å²) in [5.41, 5.74) is 2.01. The van der Waals surface area contributed by atoms with E-state index in [9.17, 15) is 9.90 Å². The number of thiazole rings is 1. The van der Waals surface area contributed by atoms with Crippen molar-refractivity contribution >= 4 is 17.2 Å². The molecule has 14 heavy (non-hydrogen) atoms. The van der Waals surface area contributed by atoms with Crippen molar-refractivity contribution in [1.29, 1.82) is 0 Å². The fraction of sp³-hybridized carbons (Fsp3) is 0.556. The molecule has 1 unspecified atom stereocenters. The molecule has 0 aromatic carbocycles. The van der Waals surface area contributed by atoms with Crippen LogP contribution in [0.15, 0.2) is 10.9 Å². The molecule has 0 spiro atoms. The van der Waals surface area contributed by atoms with E-state index in [1.165, 1.54) is 11.3 Å². The number of carbonyl (C=O) groups is 1. The minimum Gasteiger partial charge on any atom is -0.391 e. The van der Waals surface area contributed by atoms with Crippen LogP contribution in [0.3, 0.4) is 0 Å². The summed E-state index contributed by atoms with van der Waals surface area (Å²) >= 11 is 1.37. The number of rotatable bonds is 4. The lowest BCUT2D eigenvalue weighted by atomic mass is 10.1. The minimum absolute atomic E-state index is 0.144. The van der Waals surface area contributed by atoms with E-state index >= 15 is 0 Å². The quantitative estimate of drug-likeness (QED) is 0.782. The van der Waals surface area contributed by atoms with Gasteiger partial charge in [-0.25, -0.2) is 4.98 Å². The number of nitrogens with one attached hydrogen (secondary N) is 1. The van der Waals surface area contributed by atoms with Crippen LogP contribution in [0.25, 0.3) is 0 Å². The van der Waals surface area contributed by atoms with Crippen LogP contribution >= 0.6 is 11.3 Å². The third-order valence-electron chi connectivity index (χ3n) is 1.91. The first kappa shape index (κ1) is 11.1. The Morgan fingerprint density at radius 3 is 2.93 bits per heavy atom. The largest absolute Gasteiger partial charge is 0.391 e. The standard InChI is InChI=1S/C9H14N2O2S/c1-6(2)8(12)3-10-9(13)7-4-14-5-11-7/h4-6,8,12H,3H2,1-2H3,(H,10,13). The summed E-state index contributed by atoms with van der Waals surface area (Å²) in [6, 6.07) is 0. The van der Waals surface area contributed by atoms with Crippen LogP contribution in [0.1, 0.15) is 24.3 Å². The highest BCUT2D eigenvalue weighted by molar-refractivity contribution is 7.07. The van der Waals surface area contributed by atoms with E-state index in [-0.39, 0.29) is 18.4 Å². The SMILES string of the molecule is CC(C)C(O)CNC(=O)c1cscn1. The van der Waals surface area contributed by atoms with Crippen molar-refractivity contribution in [2.45, 2.75) is 20.0 Å². The van der Waals surface area contributed by atoms with Crippen molar-refractivity contribution in [1.82, 2.24) is 10.3 Å². The van der Waals surface area contributed by atoms with Gasteiger partial charge in [-0.1, -0.05) is 13.8 Å². The topological polar surface area (TPSA) is 62.2 Å². The van der Waals surface area contributed by atoms with Crippen LogP contribution in [-0.2, 0) is 0 Å². The monoisotopic (exact) mass is 214 g/mol. The average Bonchev–Trinajstić information content (AvgIpc) is 2.66. The van der Waals surface area contributed by atoms with Gasteiger partial charge in [0.25, 0.3) is 5.91 Å². The second-order valence-electron chi connectivity index (χ2n) is 3.40. The Balaban J connectivity index is 2.36. The molecule has 1 amide bonds. The van der Waals surface area contributed by atoms with E-state index in [0.29, 0.717) is 5.69 Å². The smallest absolute Gasteiger partial charge is 0.270 e. The van der Waals surface area contributed by atoms with Crippen molar-refractivity contribution in [3.05, 3.63) is 16.6 Å². The maximum atomic E-state index is 11.4. The van der Waals surface area contributed by atoms with Crippen LogP contribution < -0.4 is 5.32 Å². The third kappa shape index (κ3) is 3.08. The number of aliphatic hydroxyl groups excluding tert-OH is 1. The van der Waals surface area contributed by atoms with E-state index in [1.54, 1.807) is 10.9 Å². The van der Waals surface area contributed by atoms with Crippen LogP contribution in [0.5, 0.6) is 0 Å². The van der Waals surface area contributed by atoms with E-state index < -0.39 is 6.10 Å². The molecule has 1 rings (SSSR count). The van der Waals surface area contributed by atoms with E-state index in [0.717, 1.165) is 0 Å². The molecule has 1 aromatic heterocycles. The van der Waals surface area contributed by atoms with E-state index in [1.807, 2.05) is 13.8 Å². The van der Waals surface area contributed by atoms with Gasteiger partial charge in [-0.3, -0.25) is 4.79 Å². The van der Waals surface area contributed by atoms with Crippen molar-refractivity contribution < 1.29 is 9.90 Å². The van der Waals surface area contributed by atoms with Gasteiger partial charge in [0.2, 0.25) is 0 Å². The lowest BCUT2D eigenvalue weighted by molar-refractivity contribution is 0.0868. The van der Waals surface area contributed by atoms with Gasteiger partial charge in [0.1, 0.15) is 5.69 Å². The Morgan fingerprint density at radius 1 is 1.71 bits per heavy atom. The fourth-order valence-corrected chi connectivity index (χ4v) is 1.38. The predicted molar refractivity (Wildman–Crippen MR) is 55.3 cm³/mol. The van der Waals surface area contributed by atoms with Gasteiger partial charge >= 0.3 is 0 Å². The maximum absolute atomic E-state index is 11.4. The Morgan fingerprint density at radius 2 is 2.43 bits per heavy atom. The molecule has 2 N–H and O–H groups in total. The van der Waals surface area contributed by atoms with Crippen molar-refractivity contribution in [2.24, 2.45) is 5.92 Å². The Bertz CT molecular complexity index is 285. The van der Waals surface area contributed by atoms with Crippen LogP contribution in [0, 0.1) is 5.92 Å². The van der Waals surface area contributed by atoms with Gasteiger partial charge < -0.3 is 10.4 Å². The molecule has 0 bridgehead atoms. The summed E-state index contributed by atoms with van der Waals surface area (Å²) < 4.78 is 0. The highest BCUT2D eigenvalue weighted by atomic mass is 32.1. The van der Waals surface area contributed by atoms with Gasteiger partial charge in [-0.05, 0) is 5.92 Å². The molecule has 1 atom stereocenters. The second kappa shape index (κ2) is 5.07. The second-order valence-corrected chi connectivity index (χ2v) is 4.11. The lowest BCUT2D eigenvalue weighted by Gasteiger charge is -2.14. The summed E-state index contributed by atoms with van der Waals surface area (Å²) in [4.78, 5) is 15.2. The molecule has 1 aromatic rings. The first-order valence-electron chi connectivity index (χ1n) is 4.45. The molecule has 1 heterocycles. The molecule has 0 aliphatic heterocycles. The highest BCUT2D eigenvalue weighted by Gasteiger charge is 2.12. The van der Waals surface area contributed by atoms with E-state index in [2.05, 4.69) is 10.3 Å². The molecule has 5 heteroatoms. The van der Waals surface area contributed by atoms with Gasteiger partial charge in [0, 0.05) is 11.9 Å². The first-order valence-corrected chi connectivity index (χ1v) is 5.40. The van der Waals surface area contributed by atoms with E-state index in [4.69, 9.17) is 0 Å². The molecular weight excluding hydrogens is 200 g/mol. The molecule has 0 saturated heterocycles. The normalized spacial score (nSPS) is 12.9. The number of aliphatic hydroxyl groups is 1. The molecule has 0 aliphatic rings. The summed E-state index contributed by atoms with van der Waals surface area (Å²) in [5.74, 6) is -0.0864. The lowest BCUT2D eigenvalue weighted by Crippen LogP contribution is -2.34. The van der Waals surface area contributed by atoms with Crippen LogP contribution in [0.4, 0.5) is 0 Å². The zero-order valence-corrected chi connectivity index (χ0v) is 9.04. The van der Waals surface area contributed by atoms with Gasteiger partial charge in [0.05, 0.1) is 11.6 Å². The highest BCUT2D eigenvalue weighted by Crippen LogP contribution is 2.02. The number of nitrogens with zero attached hydrogens (tertiary/aromatic N) is 1. The van der Waals surface area contributed by atoms with Crippen molar-refractivity contribution in [3.8, 4) is 0 Å². The Kier molecular flexibility index (Phi) is 4.03. The van der Waals surface area contributed by atoms with Gasteiger partial charge in [-0.2, -0.15) is 0 Å². The molecule has 0 fully saturated rings. The molecular formula is C9H14N2O2S. The number of hydrogen-bond acceptors (Lipinski definition) is 4. The predicted octanol–water partition coefficient (Wildman–Crippen LogP) is 0.890. The van der Waals surface area contributed by atoms with Gasteiger partial charge in [-0.15, -0.1) is 11.3 Å². The zero-order valence-electron chi connectivity index (χ0n) is 8.23. The summed E-state index contributed by atoms with van der Waals surface area (Å²) in [5, 5.41) is 13.7. The fourth-order valence-electron chi connectivity index (χ4n) is 0.848. The summed E-state index contributed by atoms with van der Waals surface area (Å²) in [7, 11) is 0. The van der Waals surface area contributed by atoms with Gasteiger partial charge in [0.15, 0.2) is 0 Å². The molecule has 0 radical (unpaired) electrons. The van der Waals surface area contributed by atoms with Crippen LogP contribution in [0.2, 0.25) is 0 Å². The molecule has 4 nitrogen and oxygen atoms in total. The summed E-state index contributed by atoms with van der Waals surface area (Å²) in [6.07, 6.45) is -0.502. The number of hydrogen-bond donors (Lipinski definition) is 2. The van der Waals surface area contributed by atoms with Crippen LogP contribution in [-0.4, -0.2) is 28.6 Å². The molecule has 78 valence electrons. The minimum atomic E-state index is -0.502. The molecule has 0 saturated carbocycles. The molecule has 0 aliphatic carbocycles. The number of carbonyl (C=O) groups excluding carboxylic acids is 1. The summed E-state index contributed by atoms with van der Waals surface area (Å²) in [6.45, 7) is 4.08. The number of amides is 1. The maximum Gasteiger partial charge on any atom is 0.270 e. The number of aromatic nitrogens is 1. The Labute approximate surface area is 87.0 Å². The van der Waals surface area contributed by atoms with Crippen molar-refractivity contribution in [2.75, 3.05) is 6.54 Å². The zero-order chi connectivity index (χ0) is 10.6. The average molecular weight is 214 g/mol. The Hall–Kier alpha value is -0.940. The third-order valence-corrected chi connectivity index (χ3v) is 2.49. The first-order chi connectivity index (χ1) is 6.61.